The molecule has 0 spiro atoms. The molecule has 0 unspecified atom stereocenters. The fraction of sp³-hybridized carbons (Fsp3) is 0.385. The Bertz CT molecular complexity index is 466. The van der Waals surface area contributed by atoms with Gasteiger partial charge < -0.3 is 15.8 Å². The van der Waals surface area contributed by atoms with Crippen molar-refractivity contribution in [2.45, 2.75) is 32.4 Å². The van der Waals surface area contributed by atoms with Gasteiger partial charge in [-0.25, -0.2) is 4.79 Å². The Kier molecular flexibility index (Phi) is 4.78. The summed E-state index contributed by atoms with van der Waals surface area (Å²) >= 11 is 5.76. The van der Waals surface area contributed by atoms with Crippen molar-refractivity contribution in [3.05, 3.63) is 34.9 Å². The summed E-state index contributed by atoms with van der Waals surface area (Å²) in [6, 6.07) is 5.52. The number of amides is 2. The quantitative estimate of drug-likeness (QED) is 0.894. The number of rotatable bonds is 3. The number of hydrogen-bond acceptors (Lipinski definition) is 3. The number of nitrogens with one attached hydrogen (secondary N) is 1. The Morgan fingerprint density at radius 3 is 2.21 bits per heavy atom. The summed E-state index contributed by atoms with van der Waals surface area (Å²) in [5.41, 5.74) is 5.17. The van der Waals surface area contributed by atoms with Crippen molar-refractivity contribution in [3.63, 3.8) is 0 Å². The largest absolute Gasteiger partial charge is 0.444 e. The first kappa shape index (κ1) is 15.3. The van der Waals surface area contributed by atoms with Gasteiger partial charge in [-0.1, -0.05) is 23.7 Å². The number of nitrogens with two attached hydrogens (primary N) is 1. The van der Waals surface area contributed by atoms with Crippen LogP contribution in [-0.4, -0.2) is 17.6 Å². The van der Waals surface area contributed by atoms with Crippen LogP contribution in [0.25, 0.3) is 0 Å². The van der Waals surface area contributed by atoms with Gasteiger partial charge in [0, 0.05) is 5.02 Å². The predicted octanol–water partition coefficient (Wildman–Crippen LogP) is 2.39. The van der Waals surface area contributed by atoms with Gasteiger partial charge in [-0.05, 0) is 38.5 Å². The first-order valence-corrected chi connectivity index (χ1v) is 6.11. The third kappa shape index (κ3) is 5.18. The summed E-state index contributed by atoms with van der Waals surface area (Å²) in [7, 11) is 0. The third-order valence-corrected chi connectivity index (χ3v) is 2.40. The smallest absolute Gasteiger partial charge is 0.408 e. The number of carbonyl (C=O) groups excluding carboxylic acids is 2. The zero-order valence-corrected chi connectivity index (χ0v) is 11.8. The highest BCUT2D eigenvalue weighted by atomic mass is 35.5. The van der Waals surface area contributed by atoms with Crippen LogP contribution in [0.4, 0.5) is 4.79 Å². The molecule has 0 heterocycles. The molecule has 2 amide bonds. The van der Waals surface area contributed by atoms with Crippen molar-refractivity contribution in [2.24, 2.45) is 5.73 Å². The minimum absolute atomic E-state index is 0.532. The highest BCUT2D eigenvalue weighted by Gasteiger charge is 2.23. The Labute approximate surface area is 117 Å². The van der Waals surface area contributed by atoms with Crippen LogP contribution in [0.3, 0.4) is 0 Å². The summed E-state index contributed by atoms with van der Waals surface area (Å²) in [5.74, 6) is -0.673. The molecule has 0 aromatic heterocycles. The molecule has 1 aromatic rings. The predicted molar refractivity (Wildman–Crippen MR) is 72.8 cm³/mol. The highest BCUT2D eigenvalue weighted by Crippen LogP contribution is 2.17. The fourth-order valence-corrected chi connectivity index (χ4v) is 1.53. The topological polar surface area (TPSA) is 81.4 Å². The number of halogens is 1. The highest BCUT2D eigenvalue weighted by molar-refractivity contribution is 6.30. The van der Waals surface area contributed by atoms with E-state index in [2.05, 4.69) is 5.32 Å². The first-order chi connectivity index (χ1) is 8.69. The summed E-state index contributed by atoms with van der Waals surface area (Å²) in [4.78, 5) is 23.1. The van der Waals surface area contributed by atoms with Crippen molar-refractivity contribution < 1.29 is 14.3 Å². The van der Waals surface area contributed by atoms with E-state index in [4.69, 9.17) is 22.1 Å². The number of alkyl carbamates (subject to hydrolysis) is 1. The number of hydrogen-bond donors (Lipinski definition) is 2. The molecule has 0 aliphatic heterocycles. The van der Waals surface area contributed by atoms with E-state index in [1.807, 2.05) is 0 Å². The third-order valence-electron chi connectivity index (χ3n) is 2.15. The fourth-order valence-electron chi connectivity index (χ4n) is 1.40. The molecule has 1 atom stereocenters. The second-order valence-electron chi connectivity index (χ2n) is 5.03. The molecule has 6 heteroatoms. The maximum atomic E-state index is 11.6. The molecule has 0 aliphatic rings. The summed E-state index contributed by atoms with van der Waals surface area (Å²) < 4.78 is 5.08. The normalized spacial score (nSPS) is 12.6. The number of benzene rings is 1. The SMILES string of the molecule is CC(C)(C)OC(=O)N[C@H](C(N)=O)c1ccc(Cl)cc1. The molecule has 5 nitrogen and oxygen atoms in total. The van der Waals surface area contributed by atoms with E-state index in [-0.39, 0.29) is 0 Å². The van der Waals surface area contributed by atoms with E-state index in [1.165, 1.54) is 0 Å². The number of ether oxygens (including phenoxy) is 1. The molecule has 0 saturated carbocycles. The lowest BCUT2D eigenvalue weighted by Crippen LogP contribution is -2.40. The summed E-state index contributed by atoms with van der Waals surface area (Å²) in [6.45, 7) is 5.19. The zero-order chi connectivity index (χ0) is 14.6. The van der Waals surface area contributed by atoms with Crippen LogP contribution < -0.4 is 11.1 Å². The molecule has 1 aromatic carbocycles. The molecule has 3 N–H and O–H groups in total. The minimum Gasteiger partial charge on any atom is -0.444 e. The first-order valence-electron chi connectivity index (χ1n) is 5.73. The van der Waals surface area contributed by atoms with Gasteiger partial charge in [-0.15, -0.1) is 0 Å². The Morgan fingerprint density at radius 2 is 1.79 bits per heavy atom. The van der Waals surface area contributed by atoms with Crippen molar-refractivity contribution in [2.75, 3.05) is 0 Å². The van der Waals surface area contributed by atoms with E-state index in [0.29, 0.717) is 10.6 Å². The molecule has 0 radical (unpaired) electrons. The maximum absolute atomic E-state index is 11.6. The zero-order valence-electron chi connectivity index (χ0n) is 11.1. The lowest BCUT2D eigenvalue weighted by atomic mass is 10.1. The Hall–Kier alpha value is -1.75. The van der Waals surface area contributed by atoms with Gasteiger partial charge in [0.2, 0.25) is 5.91 Å². The van der Waals surface area contributed by atoms with Crippen LogP contribution in [0.5, 0.6) is 0 Å². The molecule has 0 saturated heterocycles. The van der Waals surface area contributed by atoms with Gasteiger partial charge in [0.25, 0.3) is 0 Å². The van der Waals surface area contributed by atoms with Crippen molar-refractivity contribution in [1.82, 2.24) is 5.32 Å². The van der Waals surface area contributed by atoms with Crippen molar-refractivity contribution in [1.29, 1.82) is 0 Å². The van der Waals surface area contributed by atoms with E-state index >= 15 is 0 Å². The monoisotopic (exact) mass is 284 g/mol. The van der Waals surface area contributed by atoms with E-state index in [0.717, 1.165) is 0 Å². The maximum Gasteiger partial charge on any atom is 0.408 e. The molecular formula is C13H17ClN2O3. The molecule has 104 valence electrons. The lowest BCUT2D eigenvalue weighted by molar-refractivity contribution is -0.120. The average Bonchev–Trinajstić information content (AvgIpc) is 2.24. The van der Waals surface area contributed by atoms with E-state index in [1.54, 1.807) is 45.0 Å². The molecular weight excluding hydrogens is 268 g/mol. The van der Waals surface area contributed by atoms with Gasteiger partial charge in [0.1, 0.15) is 11.6 Å². The van der Waals surface area contributed by atoms with Gasteiger partial charge in [0.15, 0.2) is 0 Å². The van der Waals surface area contributed by atoms with Crippen LogP contribution in [0, 0.1) is 0 Å². The Balaban J connectivity index is 2.82. The van der Waals surface area contributed by atoms with Crippen molar-refractivity contribution >= 4 is 23.6 Å². The average molecular weight is 285 g/mol. The van der Waals surface area contributed by atoms with Crippen LogP contribution in [0.2, 0.25) is 5.02 Å². The van der Waals surface area contributed by atoms with Gasteiger partial charge >= 0.3 is 6.09 Å². The summed E-state index contributed by atoms with van der Waals surface area (Å²) in [6.07, 6.45) is -0.703. The molecule has 19 heavy (non-hydrogen) atoms. The molecule has 1 rings (SSSR count). The van der Waals surface area contributed by atoms with Gasteiger partial charge in [-0.2, -0.15) is 0 Å². The van der Waals surface area contributed by atoms with Crippen LogP contribution in [-0.2, 0) is 9.53 Å². The van der Waals surface area contributed by atoms with E-state index in [9.17, 15) is 9.59 Å². The number of carbonyl (C=O) groups is 2. The standard InChI is InChI=1S/C13H17ClN2O3/c1-13(2,3)19-12(18)16-10(11(15)17)8-4-6-9(14)7-5-8/h4-7,10H,1-3H3,(H2,15,17)(H,16,18)/t10-/m0/s1. The second-order valence-corrected chi connectivity index (χ2v) is 5.47. The molecule has 0 aliphatic carbocycles. The molecule has 0 fully saturated rings. The van der Waals surface area contributed by atoms with Crippen LogP contribution in [0.15, 0.2) is 24.3 Å². The lowest BCUT2D eigenvalue weighted by Gasteiger charge is -2.22. The van der Waals surface area contributed by atoms with Crippen molar-refractivity contribution in [3.8, 4) is 0 Å². The minimum atomic E-state index is -0.952. The van der Waals surface area contributed by atoms with Crippen LogP contribution >= 0.6 is 11.6 Å². The second kappa shape index (κ2) is 5.93. The summed E-state index contributed by atoms with van der Waals surface area (Å²) in [5, 5.41) is 2.96. The van der Waals surface area contributed by atoms with Crippen LogP contribution in [0.1, 0.15) is 32.4 Å². The number of primary amides is 1. The van der Waals surface area contributed by atoms with E-state index < -0.39 is 23.6 Å². The Morgan fingerprint density at radius 1 is 1.26 bits per heavy atom. The molecule has 0 bridgehead atoms. The van der Waals surface area contributed by atoms with Gasteiger partial charge in [0.05, 0.1) is 0 Å². The van der Waals surface area contributed by atoms with Gasteiger partial charge in [-0.3, -0.25) is 4.79 Å².